The molecule has 1 rings (SSSR count). The lowest BCUT2D eigenvalue weighted by atomic mass is 9.87. The van der Waals surface area contributed by atoms with E-state index in [0.717, 1.165) is 0 Å². The average Bonchev–Trinajstić information content (AvgIpc) is 2.02. The Kier molecular flexibility index (Phi) is 1.92. The number of carbonyl (C=O) groups excluding carboxylic acids is 1. The van der Waals surface area contributed by atoms with Gasteiger partial charge in [-0.1, -0.05) is 0 Å². The van der Waals surface area contributed by atoms with Crippen LogP contribution in [-0.2, 0) is 9.53 Å². The van der Waals surface area contributed by atoms with Crippen LogP contribution in [0.1, 0.15) is 27.2 Å². The number of rotatable bonds is 1. The molecule has 70 valence electrons. The minimum Gasteiger partial charge on any atom is -0.456 e. The summed E-state index contributed by atoms with van der Waals surface area (Å²) in [7, 11) is 0. The molecule has 12 heavy (non-hydrogen) atoms. The summed E-state index contributed by atoms with van der Waals surface area (Å²) in [6.07, 6.45) is -0.890. The fourth-order valence-corrected chi connectivity index (χ4v) is 1.59. The molecule has 1 aliphatic heterocycles. The molecule has 1 aliphatic rings. The highest BCUT2D eigenvalue weighted by molar-refractivity contribution is 5.73. The summed E-state index contributed by atoms with van der Waals surface area (Å²) < 4.78 is 4.80. The summed E-state index contributed by atoms with van der Waals surface area (Å²) >= 11 is 0. The van der Waals surface area contributed by atoms with Crippen LogP contribution >= 0.6 is 0 Å². The maximum Gasteiger partial charge on any atom is 0.309 e. The Morgan fingerprint density at radius 1 is 1.67 bits per heavy atom. The van der Waals surface area contributed by atoms with E-state index in [9.17, 15) is 15.0 Å². The van der Waals surface area contributed by atoms with E-state index in [2.05, 4.69) is 0 Å². The number of esters is 1. The fourth-order valence-electron chi connectivity index (χ4n) is 1.59. The van der Waals surface area contributed by atoms with Gasteiger partial charge in [-0.3, -0.25) is 4.79 Å². The third-order valence-corrected chi connectivity index (χ3v) is 1.96. The van der Waals surface area contributed by atoms with Crippen LogP contribution < -0.4 is 0 Å². The molecule has 0 radical (unpaired) electrons. The van der Waals surface area contributed by atoms with Gasteiger partial charge in [0.15, 0.2) is 6.10 Å². The molecule has 1 saturated heterocycles. The van der Waals surface area contributed by atoms with Crippen molar-refractivity contribution in [1.82, 2.24) is 0 Å². The third kappa shape index (κ3) is 1.59. The Morgan fingerprint density at radius 3 is 2.33 bits per heavy atom. The largest absolute Gasteiger partial charge is 0.456 e. The second-order valence-corrected chi connectivity index (χ2v) is 4.06. The molecule has 0 bridgehead atoms. The summed E-state index contributed by atoms with van der Waals surface area (Å²) in [5, 5.41) is 19.2. The van der Waals surface area contributed by atoms with Crippen LogP contribution in [0.15, 0.2) is 0 Å². The molecule has 0 aromatic carbocycles. The van der Waals surface area contributed by atoms with Crippen molar-refractivity contribution in [3.05, 3.63) is 0 Å². The first kappa shape index (κ1) is 9.48. The monoisotopic (exact) mass is 174 g/mol. The van der Waals surface area contributed by atoms with Gasteiger partial charge in [-0.15, -0.1) is 0 Å². The predicted octanol–water partition coefficient (Wildman–Crippen LogP) is -0.176. The SMILES string of the molecule is CC(C)(O)C1OC(=O)CC1(C)O. The molecule has 1 fully saturated rings. The molecule has 0 saturated carbocycles. The molecular formula is C8H14O4. The molecule has 2 unspecified atom stereocenters. The van der Waals surface area contributed by atoms with Gasteiger partial charge in [-0.05, 0) is 20.8 Å². The van der Waals surface area contributed by atoms with Gasteiger partial charge in [0.05, 0.1) is 12.0 Å². The van der Waals surface area contributed by atoms with Gasteiger partial charge in [-0.2, -0.15) is 0 Å². The zero-order chi connectivity index (χ0) is 9.57. The molecule has 0 aromatic heterocycles. The van der Waals surface area contributed by atoms with Crippen LogP contribution in [-0.4, -0.2) is 33.5 Å². The van der Waals surface area contributed by atoms with Gasteiger partial charge in [0.25, 0.3) is 0 Å². The summed E-state index contributed by atoms with van der Waals surface area (Å²) in [5.74, 6) is -0.466. The van der Waals surface area contributed by atoms with Gasteiger partial charge in [-0.25, -0.2) is 0 Å². The molecule has 4 heteroatoms. The summed E-state index contributed by atoms with van der Waals surface area (Å²) in [6.45, 7) is 4.50. The summed E-state index contributed by atoms with van der Waals surface area (Å²) in [5.41, 5.74) is -2.45. The minimum absolute atomic E-state index is 0.0539. The number of carbonyl (C=O) groups is 1. The van der Waals surface area contributed by atoms with E-state index in [1.54, 1.807) is 0 Å². The molecule has 0 aromatic rings. The van der Waals surface area contributed by atoms with Gasteiger partial charge >= 0.3 is 5.97 Å². The molecule has 4 nitrogen and oxygen atoms in total. The van der Waals surface area contributed by atoms with E-state index in [0.29, 0.717) is 0 Å². The Labute approximate surface area is 71.2 Å². The van der Waals surface area contributed by atoms with Crippen molar-refractivity contribution < 1.29 is 19.7 Å². The highest BCUT2D eigenvalue weighted by Gasteiger charge is 2.51. The molecular weight excluding hydrogens is 160 g/mol. The van der Waals surface area contributed by atoms with Crippen LogP contribution in [0.25, 0.3) is 0 Å². The van der Waals surface area contributed by atoms with Crippen molar-refractivity contribution in [3.8, 4) is 0 Å². The lowest BCUT2D eigenvalue weighted by molar-refractivity contribution is -0.159. The van der Waals surface area contributed by atoms with Crippen molar-refractivity contribution in [2.45, 2.75) is 44.5 Å². The Bertz CT molecular complexity index is 202. The summed E-state index contributed by atoms with van der Waals surface area (Å²) in [6, 6.07) is 0. The molecule has 0 spiro atoms. The first-order valence-electron chi connectivity index (χ1n) is 3.88. The smallest absolute Gasteiger partial charge is 0.309 e. The topological polar surface area (TPSA) is 66.8 Å². The fraction of sp³-hybridized carbons (Fsp3) is 0.875. The number of hydrogen-bond donors (Lipinski definition) is 2. The van der Waals surface area contributed by atoms with E-state index in [-0.39, 0.29) is 6.42 Å². The zero-order valence-corrected chi connectivity index (χ0v) is 7.50. The summed E-state index contributed by atoms with van der Waals surface area (Å²) in [4.78, 5) is 10.8. The highest BCUT2D eigenvalue weighted by Crippen LogP contribution is 2.33. The highest BCUT2D eigenvalue weighted by atomic mass is 16.6. The molecule has 0 amide bonds. The normalized spacial score (nSPS) is 36.8. The second kappa shape index (κ2) is 2.44. The average molecular weight is 174 g/mol. The maximum atomic E-state index is 10.8. The lowest BCUT2D eigenvalue weighted by Crippen LogP contribution is -2.49. The van der Waals surface area contributed by atoms with Gasteiger partial charge in [0.1, 0.15) is 5.60 Å². The molecule has 2 atom stereocenters. The number of cyclic esters (lactones) is 1. The van der Waals surface area contributed by atoms with Gasteiger partial charge in [0.2, 0.25) is 0 Å². The number of ether oxygens (including phenoxy) is 1. The van der Waals surface area contributed by atoms with Crippen LogP contribution in [0.3, 0.4) is 0 Å². The second-order valence-electron chi connectivity index (χ2n) is 4.06. The van der Waals surface area contributed by atoms with E-state index >= 15 is 0 Å². The maximum absolute atomic E-state index is 10.8. The molecule has 2 N–H and O–H groups in total. The van der Waals surface area contributed by atoms with Crippen LogP contribution in [0, 0.1) is 0 Å². The van der Waals surface area contributed by atoms with E-state index in [4.69, 9.17) is 4.74 Å². The van der Waals surface area contributed by atoms with E-state index in [1.165, 1.54) is 20.8 Å². The van der Waals surface area contributed by atoms with Crippen molar-refractivity contribution in [3.63, 3.8) is 0 Å². The zero-order valence-electron chi connectivity index (χ0n) is 7.50. The molecule has 1 heterocycles. The lowest BCUT2D eigenvalue weighted by Gasteiger charge is -2.32. The quantitative estimate of drug-likeness (QED) is 0.541. The van der Waals surface area contributed by atoms with Crippen LogP contribution in [0.5, 0.6) is 0 Å². The Balaban J connectivity index is 2.86. The van der Waals surface area contributed by atoms with Gasteiger partial charge in [0, 0.05) is 0 Å². The van der Waals surface area contributed by atoms with Crippen LogP contribution in [0.4, 0.5) is 0 Å². The van der Waals surface area contributed by atoms with E-state index < -0.39 is 23.3 Å². The Hall–Kier alpha value is -0.610. The molecule has 0 aliphatic carbocycles. The number of aliphatic hydroxyl groups is 2. The van der Waals surface area contributed by atoms with Gasteiger partial charge < -0.3 is 14.9 Å². The van der Waals surface area contributed by atoms with E-state index in [1.807, 2.05) is 0 Å². The third-order valence-electron chi connectivity index (χ3n) is 1.96. The van der Waals surface area contributed by atoms with Crippen molar-refractivity contribution in [2.75, 3.05) is 0 Å². The van der Waals surface area contributed by atoms with Crippen LogP contribution in [0.2, 0.25) is 0 Å². The van der Waals surface area contributed by atoms with Crippen molar-refractivity contribution >= 4 is 5.97 Å². The number of hydrogen-bond acceptors (Lipinski definition) is 4. The predicted molar refractivity (Wildman–Crippen MR) is 41.4 cm³/mol. The minimum atomic E-state index is -1.25. The first-order valence-corrected chi connectivity index (χ1v) is 3.88. The van der Waals surface area contributed by atoms with Crippen molar-refractivity contribution in [2.24, 2.45) is 0 Å². The first-order chi connectivity index (χ1) is 5.23. The standard InChI is InChI=1S/C8H14O4/c1-7(2,10)6-8(3,11)4-5(9)12-6/h6,10-11H,4H2,1-3H3. The Morgan fingerprint density at radius 2 is 2.17 bits per heavy atom. The van der Waals surface area contributed by atoms with Crippen molar-refractivity contribution in [1.29, 1.82) is 0 Å².